The lowest BCUT2D eigenvalue weighted by molar-refractivity contribution is -0.127. The molecule has 0 saturated carbocycles. The normalized spacial score (nSPS) is 13.4. The number of halogens is 2. The van der Waals surface area contributed by atoms with Crippen LogP contribution in [-0.4, -0.2) is 53.5 Å². The zero-order valence-electron chi connectivity index (χ0n) is 30.4. The Hall–Kier alpha value is -4.82. The zero-order chi connectivity index (χ0) is 37.2. The highest BCUT2D eigenvalue weighted by atomic mass is 35.5. The number of hydrogen-bond acceptors (Lipinski definition) is 6. The van der Waals surface area contributed by atoms with Crippen LogP contribution in [0.3, 0.4) is 0 Å². The van der Waals surface area contributed by atoms with Crippen LogP contribution >= 0.6 is 23.2 Å². The maximum atomic E-state index is 13.1. The Bertz CT molecular complexity index is 1980. The number of amides is 1. The summed E-state index contributed by atoms with van der Waals surface area (Å²) in [6.45, 7) is 11.0. The van der Waals surface area contributed by atoms with Gasteiger partial charge in [-0.05, 0) is 89.2 Å². The molecule has 1 aliphatic rings. The first-order valence-corrected chi connectivity index (χ1v) is 18.8. The van der Waals surface area contributed by atoms with E-state index < -0.39 is 0 Å². The van der Waals surface area contributed by atoms with E-state index in [1.165, 1.54) is 16.7 Å². The van der Waals surface area contributed by atoms with Gasteiger partial charge >= 0.3 is 0 Å². The number of aromatic nitrogens is 1. The average molecular weight is 751 g/mol. The van der Waals surface area contributed by atoms with Crippen molar-refractivity contribution in [2.24, 2.45) is 0 Å². The van der Waals surface area contributed by atoms with Gasteiger partial charge in [-0.25, -0.2) is 4.98 Å². The first-order chi connectivity index (χ1) is 25.7. The maximum absolute atomic E-state index is 13.1. The molecule has 1 aromatic heterocycles. The minimum absolute atomic E-state index is 0.0185. The van der Waals surface area contributed by atoms with Gasteiger partial charge in [-0.2, -0.15) is 0 Å². The van der Waals surface area contributed by atoms with Crippen LogP contribution in [0.1, 0.15) is 53.1 Å². The highest BCUT2D eigenvalue weighted by Crippen LogP contribution is 2.37. The summed E-state index contributed by atoms with van der Waals surface area (Å²) in [5.41, 5.74) is 6.30. The van der Waals surface area contributed by atoms with Crippen molar-refractivity contribution in [1.29, 1.82) is 0 Å². The fourth-order valence-electron chi connectivity index (χ4n) is 6.12. The number of hydrogen-bond donors (Lipinski definition) is 0. The molecule has 5 aromatic rings. The van der Waals surface area contributed by atoms with E-state index in [0.29, 0.717) is 53.0 Å². The molecule has 53 heavy (non-hydrogen) atoms. The summed E-state index contributed by atoms with van der Waals surface area (Å²) in [7, 11) is 0. The van der Waals surface area contributed by atoms with E-state index in [2.05, 4.69) is 72.3 Å². The second kappa shape index (κ2) is 18.3. The monoisotopic (exact) mass is 749 g/mol. The molecule has 1 amide bonds. The fourth-order valence-corrected chi connectivity index (χ4v) is 6.62. The van der Waals surface area contributed by atoms with Gasteiger partial charge in [0, 0.05) is 62.0 Å². The Morgan fingerprint density at radius 1 is 0.849 bits per heavy atom. The van der Waals surface area contributed by atoms with Gasteiger partial charge in [0.1, 0.15) is 12.4 Å². The number of benzene rings is 4. The lowest BCUT2D eigenvalue weighted by atomic mass is 10.0. The molecule has 1 aliphatic heterocycles. The van der Waals surface area contributed by atoms with Gasteiger partial charge in [0.2, 0.25) is 5.91 Å². The van der Waals surface area contributed by atoms with Gasteiger partial charge in [-0.3, -0.25) is 9.69 Å². The molecule has 0 aliphatic carbocycles. The standard InChI is InChI=1S/C44H45Cl2N3O4/c1-31(2)36-15-17-38(18-16-36)51-26-20-33-10-12-34(13-11-33)29-48-22-24-49(25-23-48)42(50)19-14-35-27-32(3)43(40(46)28-35)53-44-41(9-6-21-47-44)52-30-37-7-4-5-8-39(37)45/h4-19,21,27-28,31H,20,22-26,29-30H2,1-3H3/b19-14+. The van der Waals surface area contributed by atoms with E-state index in [1.807, 2.05) is 42.2 Å². The molecule has 1 saturated heterocycles. The average Bonchev–Trinajstić information content (AvgIpc) is 3.16. The summed E-state index contributed by atoms with van der Waals surface area (Å²) in [6.07, 6.45) is 5.90. The number of rotatable bonds is 14. The van der Waals surface area contributed by atoms with Gasteiger partial charge in [-0.15, -0.1) is 0 Å². The van der Waals surface area contributed by atoms with Crippen LogP contribution in [0.5, 0.6) is 23.1 Å². The van der Waals surface area contributed by atoms with Crippen LogP contribution in [0.15, 0.2) is 109 Å². The van der Waals surface area contributed by atoms with Gasteiger partial charge < -0.3 is 19.1 Å². The number of ether oxygens (including phenoxy) is 3. The van der Waals surface area contributed by atoms with Crippen molar-refractivity contribution in [3.05, 3.63) is 153 Å². The Morgan fingerprint density at radius 3 is 2.30 bits per heavy atom. The highest BCUT2D eigenvalue weighted by molar-refractivity contribution is 6.32. The van der Waals surface area contributed by atoms with Crippen molar-refractivity contribution in [3.63, 3.8) is 0 Å². The summed E-state index contributed by atoms with van der Waals surface area (Å²) in [4.78, 5) is 21.8. The molecule has 0 bridgehead atoms. The van der Waals surface area contributed by atoms with E-state index in [0.717, 1.165) is 48.5 Å². The second-order valence-electron chi connectivity index (χ2n) is 13.5. The Balaban J connectivity index is 0.954. The molecule has 0 radical (unpaired) electrons. The predicted molar refractivity (Wildman–Crippen MR) is 213 cm³/mol. The summed E-state index contributed by atoms with van der Waals surface area (Å²) in [6, 6.07) is 31.9. The van der Waals surface area contributed by atoms with E-state index in [4.69, 9.17) is 37.4 Å². The summed E-state index contributed by atoms with van der Waals surface area (Å²) in [5.74, 6) is 2.64. The molecule has 6 rings (SSSR count). The quantitative estimate of drug-likeness (QED) is 0.105. The molecule has 274 valence electrons. The van der Waals surface area contributed by atoms with Crippen LogP contribution < -0.4 is 14.2 Å². The third kappa shape index (κ3) is 10.6. The van der Waals surface area contributed by atoms with E-state index in [9.17, 15) is 4.79 Å². The lowest BCUT2D eigenvalue weighted by Crippen LogP contribution is -2.47. The third-order valence-corrected chi connectivity index (χ3v) is 9.91. The topological polar surface area (TPSA) is 64.1 Å². The zero-order valence-corrected chi connectivity index (χ0v) is 31.9. The molecular formula is C44H45Cl2N3O4. The largest absolute Gasteiger partial charge is 0.493 e. The van der Waals surface area contributed by atoms with Crippen molar-refractivity contribution in [2.75, 3.05) is 32.8 Å². The van der Waals surface area contributed by atoms with Gasteiger partial charge in [0.25, 0.3) is 5.88 Å². The second-order valence-corrected chi connectivity index (χ2v) is 14.3. The van der Waals surface area contributed by atoms with Crippen LogP contribution in [0.25, 0.3) is 6.08 Å². The molecule has 9 heteroatoms. The molecule has 4 aromatic carbocycles. The molecule has 2 heterocycles. The SMILES string of the molecule is Cc1cc(/C=C/C(=O)N2CCN(Cc3ccc(CCOc4ccc(C(C)C)cc4)cc3)CC2)cc(Cl)c1Oc1ncccc1OCc1ccccc1Cl. The maximum Gasteiger partial charge on any atom is 0.262 e. The number of aryl methyl sites for hydroxylation is 1. The van der Waals surface area contributed by atoms with Crippen LogP contribution in [0, 0.1) is 6.92 Å². The molecule has 0 N–H and O–H groups in total. The molecule has 7 nitrogen and oxygen atoms in total. The summed E-state index contributed by atoms with van der Waals surface area (Å²) >= 11 is 13.0. The van der Waals surface area contributed by atoms with Crippen LogP contribution in [0.2, 0.25) is 10.0 Å². The molecule has 1 fully saturated rings. The first kappa shape index (κ1) is 37.9. The lowest BCUT2D eigenvalue weighted by Gasteiger charge is -2.34. The van der Waals surface area contributed by atoms with E-state index >= 15 is 0 Å². The summed E-state index contributed by atoms with van der Waals surface area (Å²) in [5, 5.41) is 1.03. The number of carbonyl (C=O) groups is 1. The smallest absolute Gasteiger partial charge is 0.262 e. The molecular weight excluding hydrogens is 705 g/mol. The van der Waals surface area contributed by atoms with Crippen molar-refractivity contribution in [1.82, 2.24) is 14.8 Å². The van der Waals surface area contributed by atoms with Crippen molar-refractivity contribution >= 4 is 35.2 Å². The van der Waals surface area contributed by atoms with E-state index in [-0.39, 0.29) is 12.5 Å². The minimum Gasteiger partial charge on any atom is -0.493 e. The molecule has 0 unspecified atom stereocenters. The highest BCUT2D eigenvalue weighted by Gasteiger charge is 2.20. The fraction of sp³-hybridized carbons (Fsp3) is 0.273. The number of nitrogens with zero attached hydrogens (tertiary/aromatic N) is 3. The number of pyridine rings is 1. The third-order valence-electron chi connectivity index (χ3n) is 9.27. The van der Waals surface area contributed by atoms with E-state index in [1.54, 1.807) is 36.5 Å². The Morgan fingerprint density at radius 2 is 1.58 bits per heavy atom. The van der Waals surface area contributed by atoms with Gasteiger partial charge in [0.15, 0.2) is 11.5 Å². The van der Waals surface area contributed by atoms with Crippen LogP contribution in [-0.2, 0) is 24.4 Å². The molecule has 0 atom stereocenters. The summed E-state index contributed by atoms with van der Waals surface area (Å²) < 4.78 is 18.1. The van der Waals surface area contributed by atoms with Crippen molar-refractivity contribution in [2.45, 2.75) is 46.3 Å². The van der Waals surface area contributed by atoms with Crippen molar-refractivity contribution in [3.8, 4) is 23.1 Å². The van der Waals surface area contributed by atoms with Gasteiger partial charge in [0.05, 0.1) is 11.6 Å². The number of piperazine rings is 1. The van der Waals surface area contributed by atoms with Gasteiger partial charge in [-0.1, -0.05) is 91.6 Å². The van der Waals surface area contributed by atoms with Crippen LogP contribution in [0.4, 0.5) is 0 Å². The Labute approximate surface area is 322 Å². The number of carbonyl (C=O) groups excluding carboxylic acids is 1. The minimum atomic E-state index is -0.0185. The van der Waals surface area contributed by atoms with Crippen molar-refractivity contribution < 1.29 is 19.0 Å². The molecule has 0 spiro atoms. The first-order valence-electron chi connectivity index (χ1n) is 18.0. The Kier molecular flexibility index (Phi) is 13.1. The predicted octanol–water partition coefficient (Wildman–Crippen LogP) is 10.2.